The Morgan fingerprint density at radius 2 is 1.57 bits per heavy atom. The molecule has 0 amide bonds. The highest BCUT2D eigenvalue weighted by Crippen LogP contribution is 2.38. The molecule has 0 aliphatic rings. The van der Waals surface area contributed by atoms with Crippen LogP contribution in [0.25, 0.3) is 0 Å². The zero-order chi connectivity index (χ0) is 15.7. The number of carbonyl (C=O) groups excluding carboxylic acids is 1. The number of hydrogen-bond acceptors (Lipinski definition) is 3. The Morgan fingerprint density at radius 1 is 0.952 bits per heavy atom. The lowest BCUT2D eigenvalue weighted by Crippen LogP contribution is -2.29. The van der Waals surface area contributed by atoms with Gasteiger partial charge in [-0.1, -0.05) is 30.3 Å². The fraction of sp³-hybridized carbons (Fsp3) is 0.133. The van der Waals surface area contributed by atoms with Gasteiger partial charge in [-0.05, 0) is 23.8 Å². The van der Waals surface area contributed by atoms with Crippen molar-refractivity contribution in [2.45, 2.75) is 11.8 Å². The standard InChI is InChI=1S/C15H11F3O3/c16-15(17,18)11-6-7-13(20)12(8-11)14(21,9-19)10-4-2-1-3-5-10/h1-9,20-21H. The van der Waals surface area contributed by atoms with Crippen molar-refractivity contribution < 1.29 is 28.2 Å². The molecule has 0 aromatic heterocycles. The zero-order valence-corrected chi connectivity index (χ0v) is 10.6. The van der Waals surface area contributed by atoms with Crippen LogP contribution in [0.1, 0.15) is 16.7 Å². The Hall–Kier alpha value is -2.34. The van der Waals surface area contributed by atoms with E-state index in [0.29, 0.717) is 12.1 Å². The first-order valence-corrected chi connectivity index (χ1v) is 5.94. The first-order valence-electron chi connectivity index (χ1n) is 5.94. The van der Waals surface area contributed by atoms with Gasteiger partial charge >= 0.3 is 6.18 Å². The number of alkyl halides is 3. The van der Waals surface area contributed by atoms with Gasteiger partial charge in [-0.3, -0.25) is 4.79 Å². The second kappa shape index (κ2) is 5.21. The molecule has 0 bridgehead atoms. The van der Waals surface area contributed by atoms with Gasteiger partial charge in [-0.2, -0.15) is 13.2 Å². The fourth-order valence-electron chi connectivity index (χ4n) is 2.00. The quantitative estimate of drug-likeness (QED) is 0.856. The molecule has 1 atom stereocenters. The zero-order valence-electron chi connectivity index (χ0n) is 10.6. The Bertz CT molecular complexity index is 653. The molecule has 0 saturated heterocycles. The molecule has 0 aliphatic heterocycles. The summed E-state index contributed by atoms with van der Waals surface area (Å²) in [6.07, 6.45) is -4.56. The van der Waals surface area contributed by atoms with E-state index in [2.05, 4.69) is 0 Å². The van der Waals surface area contributed by atoms with Gasteiger partial charge in [0.05, 0.1) is 5.56 Å². The third kappa shape index (κ3) is 2.75. The van der Waals surface area contributed by atoms with E-state index >= 15 is 0 Å². The average Bonchev–Trinajstić information content (AvgIpc) is 2.46. The summed E-state index contributed by atoms with van der Waals surface area (Å²) in [6.45, 7) is 0. The van der Waals surface area contributed by atoms with Crippen molar-refractivity contribution in [1.29, 1.82) is 0 Å². The normalized spacial score (nSPS) is 14.5. The molecular weight excluding hydrogens is 285 g/mol. The van der Waals surface area contributed by atoms with Crippen molar-refractivity contribution in [2.24, 2.45) is 0 Å². The molecule has 2 aromatic carbocycles. The SMILES string of the molecule is O=CC(O)(c1ccccc1)c1cc(C(F)(F)F)ccc1O. The maximum absolute atomic E-state index is 12.7. The second-order valence-corrected chi connectivity index (χ2v) is 4.48. The number of halogens is 3. The van der Waals surface area contributed by atoms with Gasteiger partial charge in [0, 0.05) is 5.56 Å². The predicted molar refractivity (Wildman–Crippen MR) is 68.6 cm³/mol. The number of carbonyl (C=O) groups is 1. The molecular formula is C15H11F3O3. The second-order valence-electron chi connectivity index (χ2n) is 4.48. The van der Waals surface area contributed by atoms with Crippen LogP contribution in [0.2, 0.25) is 0 Å². The van der Waals surface area contributed by atoms with E-state index in [4.69, 9.17) is 0 Å². The summed E-state index contributed by atoms with van der Waals surface area (Å²) in [4.78, 5) is 11.3. The van der Waals surface area contributed by atoms with Crippen LogP contribution in [0.4, 0.5) is 13.2 Å². The first kappa shape index (κ1) is 15.1. The topological polar surface area (TPSA) is 57.5 Å². The van der Waals surface area contributed by atoms with Gasteiger partial charge in [0.15, 0.2) is 11.9 Å². The van der Waals surface area contributed by atoms with E-state index in [-0.39, 0.29) is 11.8 Å². The van der Waals surface area contributed by atoms with Gasteiger partial charge in [0.2, 0.25) is 0 Å². The Morgan fingerprint density at radius 3 is 2.10 bits per heavy atom. The third-order valence-electron chi connectivity index (χ3n) is 3.12. The number of benzene rings is 2. The first-order chi connectivity index (χ1) is 9.79. The number of hydrogen-bond donors (Lipinski definition) is 2. The van der Waals surface area contributed by atoms with Crippen LogP contribution in [0.15, 0.2) is 48.5 Å². The van der Waals surface area contributed by atoms with Crippen LogP contribution in [0.5, 0.6) is 5.75 Å². The van der Waals surface area contributed by atoms with Gasteiger partial charge in [-0.25, -0.2) is 0 Å². The van der Waals surface area contributed by atoms with Crippen molar-refractivity contribution in [2.75, 3.05) is 0 Å². The Labute approximate surface area is 118 Å². The monoisotopic (exact) mass is 296 g/mol. The molecule has 0 fully saturated rings. The number of aliphatic hydroxyl groups is 1. The highest BCUT2D eigenvalue weighted by Gasteiger charge is 2.37. The Kier molecular flexibility index (Phi) is 3.74. The maximum Gasteiger partial charge on any atom is 0.416 e. The molecule has 0 spiro atoms. The van der Waals surface area contributed by atoms with Crippen molar-refractivity contribution in [3.05, 3.63) is 65.2 Å². The summed E-state index contributed by atoms with van der Waals surface area (Å²) in [7, 11) is 0. The van der Waals surface area contributed by atoms with E-state index < -0.39 is 28.7 Å². The molecule has 110 valence electrons. The molecule has 0 saturated carbocycles. The summed E-state index contributed by atoms with van der Waals surface area (Å²) in [5.74, 6) is -0.596. The number of aromatic hydroxyl groups is 1. The van der Waals surface area contributed by atoms with E-state index in [1.807, 2.05) is 0 Å². The molecule has 2 N–H and O–H groups in total. The van der Waals surface area contributed by atoms with Crippen LogP contribution >= 0.6 is 0 Å². The van der Waals surface area contributed by atoms with Crippen molar-refractivity contribution in [3.63, 3.8) is 0 Å². The highest BCUT2D eigenvalue weighted by molar-refractivity contribution is 5.74. The summed E-state index contributed by atoms with van der Waals surface area (Å²) in [5, 5.41) is 20.2. The maximum atomic E-state index is 12.7. The summed E-state index contributed by atoms with van der Waals surface area (Å²) < 4.78 is 38.2. The molecule has 0 heterocycles. The highest BCUT2D eigenvalue weighted by atomic mass is 19.4. The van der Waals surface area contributed by atoms with Crippen molar-refractivity contribution in [3.8, 4) is 5.75 Å². The lowest BCUT2D eigenvalue weighted by atomic mass is 9.86. The van der Waals surface area contributed by atoms with Gasteiger partial charge in [-0.15, -0.1) is 0 Å². The number of phenolic OH excluding ortho intramolecular Hbond substituents is 1. The third-order valence-corrected chi connectivity index (χ3v) is 3.12. The molecule has 6 heteroatoms. The molecule has 21 heavy (non-hydrogen) atoms. The molecule has 2 rings (SSSR count). The lowest BCUT2D eigenvalue weighted by Gasteiger charge is -2.24. The average molecular weight is 296 g/mol. The number of rotatable bonds is 3. The largest absolute Gasteiger partial charge is 0.508 e. The van der Waals surface area contributed by atoms with E-state index in [9.17, 15) is 28.2 Å². The van der Waals surface area contributed by atoms with E-state index in [1.165, 1.54) is 24.3 Å². The van der Waals surface area contributed by atoms with Gasteiger partial charge in [0.25, 0.3) is 0 Å². The number of aldehydes is 1. The summed E-state index contributed by atoms with van der Waals surface area (Å²) >= 11 is 0. The van der Waals surface area contributed by atoms with Crippen molar-refractivity contribution >= 4 is 6.29 Å². The molecule has 2 aromatic rings. The summed E-state index contributed by atoms with van der Waals surface area (Å²) in [5.41, 5.74) is -3.87. The molecule has 3 nitrogen and oxygen atoms in total. The van der Waals surface area contributed by atoms with Crippen LogP contribution in [-0.4, -0.2) is 16.5 Å². The van der Waals surface area contributed by atoms with E-state index in [0.717, 1.165) is 6.07 Å². The van der Waals surface area contributed by atoms with Gasteiger partial charge in [0.1, 0.15) is 5.75 Å². The van der Waals surface area contributed by atoms with Crippen LogP contribution in [0.3, 0.4) is 0 Å². The minimum absolute atomic E-state index is 0.0645. The van der Waals surface area contributed by atoms with E-state index in [1.54, 1.807) is 6.07 Å². The minimum Gasteiger partial charge on any atom is -0.508 e. The van der Waals surface area contributed by atoms with Crippen LogP contribution in [-0.2, 0) is 16.6 Å². The smallest absolute Gasteiger partial charge is 0.416 e. The molecule has 1 unspecified atom stereocenters. The molecule has 0 aliphatic carbocycles. The fourth-order valence-corrected chi connectivity index (χ4v) is 2.00. The van der Waals surface area contributed by atoms with Crippen LogP contribution < -0.4 is 0 Å². The molecule has 0 radical (unpaired) electrons. The minimum atomic E-state index is -4.65. The predicted octanol–water partition coefficient (Wildman–Crippen LogP) is 2.85. The summed E-state index contributed by atoms with van der Waals surface area (Å²) in [6, 6.07) is 9.48. The lowest BCUT2D eigenvalue weighted by molar-refractivity contribution is -0.138. The van der Waals surface area contributed by atoms with Crippen molar-refractivity contribution in [1.82, 2.24) is 0 Å². The number of phenols is 1. The van der Waals surface area contributed by atoms with Crippen LogP contribution in [0, 0.1) is 0 Å². The van der Waals surface area contributed by atoms with Gasteiger partial charge < -0.3 is 10.2 Å². The Balaban J connectivity index is 2.65.